The summed E-state index contributed by atoms with van der Waals surface area (Å²) in [6.07, 6.45) is -5.74. The van der Waals surface area contributed by atoms with E-state index in [-0.39, 0.29) is 18.8 Å². The predicted molar refractivity (Wildman–Crippen MR) is 81.2 cm³/mol. The Morgan fingerprint density at radius 2 is 1.52 bits per heavy atom. The van der Waals surface area contributed by atoms with Crippen molar-refractivity contribution in [1.82, 2.24) is 0 Å². The Morgan fingerprint density at radius 1 is 1.04 bits per heavy atom. The second-order valence-corrected chi connectivity index (χ2v) is 5.24. The van der Waals surface area contributed by atoms with Crippen LogP contribution in [0.3, 0.4) is 0 Å². The molecule has 0 bridgehead atoms. The topological polar surface area (TPSA) is 76.4 Å². The number of ether oxygens (including phenoxy) is 2. The summed E-state index contributed by atoms with van der Waals surface area (Å²) in [6, 6.07) is 5.83. The highest BCUT2D eigenvalue weighted by atomic mass is 19.4. The summed E-state index contributed by atoms with van der Waals surface area (Å²) in [5.41, 5.74) is -2.87. The van der Waals surface area contributed by atoms with E-state index in [1.165, 1.54) is 6.07 Å². The summed E-state index contributed by atoms with van der Waals surface area (Å²) >= 11 is 0. The largest absolute Gasteiger partial charge is 0.466 e. The van der Waals surface area contributed by atoms with Gasteiger partial charge in [0.15, 0.2) is 0 Å². The maximum Gasteiger partial charge on any atom is 0.416 e. The highest BCUT2D eigenvalue weighted by Gasteiger charge is 2.40. The van der Waals surface area contributed by atoms with Crippen molar-refractivity contribution in [2.45, 2.75) is 38.3 Å². The zero-order chi connectivity index (χ0) is 19.1. The number of carbonyl (C=O) groups is 2. The summed E-state index contributed by atoms with van der Waals surface area (Å²) in [4.78, 5) is 23.7. The van der Waals surface area contributed by atoms with E-state index in [0.29, 0.717) is 0 Å². The Balaban J connectivity index is 3.36. The molecule has 25 heavy (non-hydrogen) atoms. The summed E-state index contributed by atoms with van der Waals surface area (Å²) in [6.45, 7) is 3.20. The van der Waals surface area contributed by atoms with Crippen molar-refractivity contribution < 1.29 is 32.2 Å². The molecule has 0 unspecified atom stereocenters. The number of nitriles is 1. The molecule has 1 aromatic carbocycles. The first-order valence-electron chi connectivity index (χ1n) is 7.58. The zero-order valence-corrected chi connectivity index (χ0v) is 13.9. The Bertz CT molecular complexity index is 645. The minimum absolute atomic E-state index is 0.0440. The first-order chi connectivity index (χ1) is 11.7. The second kappa shape index (κ2) is 8.51. The monoisotopic (exact) mass is 357 g/mol. The van der Waals surface area contributed by atoms with E-state index in [1.54, 1.807) is 13.8 Å². The lowest BCUT2D eigenvalue weighted by atomic mass is 9.75. The molecule has 0 N–H and O–H groups in total. The van der Waals surface area contributed by atoms with Gasteiger partial charge in [0.05, 0.1) is 37.7 Å². The van der Waals surface area contributed by atoms with Crippen LogP contribution in [-0.4, -0.2) is 25.2 Å². The van der Waals surface area contributed by atoms with Crippen molar-refractivity contribution in [1.29, 1.82) is 5.26 Å². The van der Waals surface area contributed by atoms with E-state index in [2.05, 4.69) is 0 Å². The third kappa shape index (κ3) is 5.48. The van der Waals surface area contributed by atoms with Gasteiger partial charge in [-0.25, -0.2) is 0 Å². The number of hydrogen-bond donors (Lipinski definition) is 0. The highest BCUT2D eigenvalue weighted by molar-refractivity contribution is 5.77. The molecule has 0 aliphatic rings. The summed E-state index contributed by atoms with van der Waals surface area (Å²) < 4.78 is 48.5. The third-order valence-corrected chi connectivity index (χ3v) is 3.46. The van der Waals surface area contributed by atoms with Crippen LogP contribution in [-0.2, 0) is 30.7 Å². The maximum atomic E-state index is 13.0. The Kier molecular flexibility index (Phi) is 6.97. The number of hydrogen-bond acceptors (Lipinski definition) is 5. The SMILES string of the molecule is CCOC(=O)CC(C#N)(CC(=O)OCC)c1cccc(C(F)(F)F)c1. The van der Waals surface area contributed by atoms with Gasteiger partial charge in [-0.05, 0) is 25.5 Å². The van der Waals surface area contributed by atoms with Gasteiger partial charge < -0.3 is 9.47 Å². The molecule has 0 amide bonds. The lowest BCUT2D eigenvalue weighted by Crippen LogP contribution is -2.32. The van der Waals surface area contributed by atoms with E-state index in [0.717, 1.165) is 18.2 Å². The van der Waals surface area contributed by atoms with Gasteiger partial charge in [-0.15, -0.1) is 0 Å². The number of carbonyl (C=O) groups excluding carboxylic acids is 2. The van der Waals surface area contributed by atoms with Gasteiger partial charge in [0.1, 0.15) is 5.41 Å². The molecule has 0 aliphatic carbocycles. The van der Waals surface area contributed by atoms with E-state index >= 15 is 0 Å². The van der Waals surface area contributed by atoms with Gasteiger partial charge >= 0.3 is 18.1 Å². The first-order valence-corrected chi connectivity index (χ1v) is 7.58. The molecule has 1 aromatic rings. The van der Waals surface area contributed by atoms with E-state index in [1.807, 2.05) is 6.07 Å². The molecule has 0 fully saturated rings. The van der Waals surface area contributed by atoms with Gasteiger partial charge in [0.2, 0.25) is 0 Å². The molecule has 5 nitrogen and oxygen atoms in total. The quantitative estimate of drug-likeness (QED) is 0.699. The molecule has 136 valence electrons. The van der Waals surface area contributed by atoms with Crippen molar-refractivity contribution >= 4 is 11.9 Å². The van der Waals surface area contributed by atoms with E-state index < -0.39 is 41.9 Å². The van der Waals surface area contributed by atoms with Gasteiger partial charge in [-0.1, -0.05) is 18.2 Å². The Morgan fingerprint density at radius 3 is 1.92 bits per heavy atom. The minimum Gasteiger partial charge on any atom is -0.466 e. The minimum atomic E-state index is -4.62. The fraction of sp³-hybridized carbons (Fsp3) is 0.471. The second-order valence-electron chi connectivity index (χ2n) is 5.24. The van der Waals surface area contributed by atoms with Crippen LogP contribution in [0.15, 0.2) is 24.3 Å². The average Bonchev–Trinajstić information content (AvgIpc) is 2.54. The number of benzene rings is 1. The standard InChI is InChI=1S/C17H18F3NO4/c1-3-24-14(22)9-16(11-21,10-15(23)25-4-2)12-6-5-7-13(8-12)17(18,19)20/h5-8H,3-4,9-10H2,1-2H3. The van der Waals surface area contributed by atoms with Crippen LogP contribution in [0.2, 0.25) is 0 Å². The van der Waals surface area contributed by atoms with E-state index in [4.69, 9.17) is 9.47 Å². The number of halogens is 3. The van der Waals surface area contributed by atoms with Gasteiger partial charge in [0, 0.05) is 0 Å². The Hall–Kier alpha value is -2.56. The van der Waals surface area contributed by atoms with Crippen LogP contribution in [0.5, 0.6) is 0 Å². The molecule has 0 aliphatic heterocycles. The molecule has 0 radical (unpaired) electrons. The van der Waals surface area contributed by atoms with Crippen LogP contribution >= 0.6 is 0 Å². The zero-order valence-electron chi connectivity index (χ0n) is 13.9. The summed E-state index contributed by atoms with van der Waals surface area (Å²) in [5, 5.41) is 9.61. The van der Waals surface area contributed by atoms with Crippen LogP contribution in [0.25, 0.3) is 0 Å². The molecule has 8 heteroatoms. The molecule has 0 heterocycles. The smallest absolute Gasteiger partial charge is 0.416 e. The van der Waals surface area contributed by atoms with Crippen LogP contribution in [0.4, 0.5) is 13.2 Å². The molecule has 0 atom stereocenters. The number of nitrogens with zero attached hydrogens (tertiary/aromatic N) is 1. The Labute approximate surface area is 143 Å². The van der Waals surface area contributed by atoms with Gasteiger partial charge in [-0.2, -0.15) is 18.4 Å². The van der Waals surface area contributed by atoms with Crippen molar-refractivity contribution in [3.8, 4) is 6.07 Å². The van der Waals surface area contributed by atoms with Gasteiger partial charge in [-0.3, -0.25) is 9.59 Å². The lowest BCUT2D eigenvalue weighted by Gasteiger charge is -2.26. The van der Waals surface area contributed by atoms with Crippen molar-refractivity contribution in [2.75, 3.05) is 13.2 Å². The first kappa shape index (κ1) is 20.5. The number of rotatable bonds is 7. The van der Waals surface area contributed by atoms with Crippen molar-refractivity contribution in [2.24, 2.45) is 0 Å². The lowest BCUT2D eigenvalue weighted by molar-refractivity contribution is -0.146. The number of esters is 2. The van der Waals surface area contributed by atoms with Crippen LogP contribution in [0, 0.1) is 11.3 Å². The maximum absolute atomic E-state index is 13.0. The molecular weight excluding hydrogens is 339 g/mol. The van der Waals surface area contributed by atoms with Crippen LogP contribution in [0.1, 0.15) is 37.8 Å². The molecule has 1 rings (SSSR count). The van der Waals surface area contributed by atoms with Crippen molar-refractivity contribution in [3.05, 3.63) is 35.4 Å². The fourth-order valence-electron chi connectivity index (χ4n) is 2.32. The average molecular weight is 357 g/mol. The summed E-state index contributed by atoms with van der Waals surface area (Å²) in [5.74, 6) is -1.57. The van der Waals surface area contributed by atoms with Crippen LogP contribution < -0.4 is 0 Å². The molecule has 0 saturated carbocycles. The molecular formula is C17H18F3NO4. The molecule has 0 saturated heterocycles. The van der Waals surface area contributed by atoms with E-state index in [9.17, 15) is 28.0 Å². The van der Waals surface area contributed by atoms with Gasteiger partial charge in [0.25, 0.3) is 0 Å². The third-order valence-electron chi connectivity index (χ3n) is 3.46. The fourth-order valence-corrected chi connectivity index (χ4v) is 2.32. The number of alkyl halides is 3. The predicted octanol–water partition coefficient (Wildman–Crippen LogP) is 3.37. The van der Waals surface area contributed by atoms with Crippen molar-refractivity contribution in [3.63, 3.8) is 0 Å². The molecule has 0 spiro atoms. The highest BCUT2D eigenvalue weighted by Crippen LogP contribution is 2.36. The molecule has 0 aromatic heterocycles. The normalized spacial score (nSPS) is 11.5. The summed E-state index contributed by atoms with van der Waals surface area (Å²) in [7, 11) is 0.